The Bertz CT molecular complexity index is 1160. The fourth-order valence-electron chi connectivity index (χ4n) is 7.43. The first-order valence-corrected chi connectivity index (χ1v) is 12.6. The van der Waals surface area contributed by atoms with Gasteiger partial charge in [0, 0.05) is 18.5 Å². The van der Waals surface area contributed by atoms with Crippen molar-refractivity contribution in [1.82, 2.24) is 10.1 Å². The summed E-state index contributed by atoms with van der Waals surface area (Å²) in [5.41, 5.74) is -1.45. The largest absolute Gasteiger partial charge is 0.438 e. The first-order valence-electron chi connectivity index (χ1n) is 12.6. The number of aliphatic hydroxyl groups excluding tert-OH is 2. The zero-order chi connectivity index (χ0) is 26.4. The second kappa shape index (κ2) is 8.00. The number of ketones is 1. The minimum absolute atomic E-state index is 0.0312. The molecule has 4 aliphatic carbocycles. The number of fused-ring (bicyclic) bond motifs is 3. The van der Waals surface area contributed by atoms with Gasteiger partial charge >= 0.3 is 6.09 Å². The number of carbonyl (C=O) groups excluding carboxylic acids is 2. The number of aliphatic hydroxyl groups is 3. The van der Waals surface area contributed by atoms with Crippen LogP contribution >= 0.6 is 0 Å². The van der Waals surface area contributed by atoms with Crippen molar-refractivity contribution in [3.63, 3.8) is 0 Å². The molecule has 3 N–H and O–H groups in total. The highest BCUT2D eigenvalue weighted by molar-refractivity contribution is 5.95. The fourth-order valence-corrected chi connectivity index (χ4v) is 7.43. The van der Waals surface area contributed by atoms with E-state index in [-0.39, 0.29) is 29.2 Å². The topological polar surface area (TPSA) is 133 Å². The van der Waals surface area contributed by atoms with E-state index in [2.05, 4.69) is 19.0 Å². The van der Waals surface area contributed by atoms with Crippen molar-refractivity contribution in [2.75, 3.05) is 13.7 Å². The number of nitrogens with zero attached hydrogens (tertiary/aromatic N) is 2. The van der Waals surface area contributed by atoms with Crippen molar-refractivity contribution in [1.29, 1.82) is 0 Å². The highest BCUT2D eigenvalue weighted by Gasteiger charge is 2.74. The fraction of sp³-hybridized carbons (Fsp3) is 0.667. The number of amides is 1. The number of Topliss-reactive ketones (excluding diaryl/α,β-unsaturated/α-hetero) is 1. The molecule has 9 nitrogen and oxygen atoms in total. The lowest BCUT2D eigenvalue weighted by Gasteiger charge is -2.46. The number of aromatic nitrogens is 1. The molecule has 0 aliphatic heterocycles. The Kier molecular flexibility index (Phi) is 5.60. The van der Waals surface area contributed by atoms with Crippen molar-refractivity contribution in [3.05, 3.63) is 40.3 Å². The molecule has 0 saturated heterocycles. The number of hydrogen-bond donors (Lipinski definition) is 3. The lowest BCUT2D eigenvalue weighted by molar-refractivity contribution is -0.182. The van der Waals surface area contributed by atoms with Gasteiger partial charge in [0.25, 0.3) is 0 Å². The van der Waals surface area contributed by atoms with Crippen LogP contribution in [0.4, 0.5) is 4.79 Å². The lowest BCUT2D eigenvalue weighted by atomic mass is 9.63. The van der Waals surface area contributed by atoms with Gasteiger partial charge in [-0.3, -0.25) is 4.79 Å². The summed E-state index contributed by atoms with van der Waals surface area (Å²) >= 11 is 0. The Morgan fingerprint density at radius 1 is 1.31 bits per heavy atom. The highest BCUT2D eigenvalue weighted by atomic mass is 16.6. The lowest BCUT2D eigenvalue weighted by Crippen LogP contribution is -2.64. The first kappa shape index (κ1) is 25.2. The highest BCUT2D eigenvalue weighted by Crippen LogP contribution is 2.70. The monoisotopic (exact) mass is 500 g/mol. The number of hydrogen-bond acceptors (Lipinski definition) is 8. The summed E-state index contributed by atoms with van der Waals surface area (Å²) in [6, 6.07) is 0. The van der Waals surface area contributed by atoms with E-state index in [1.54, 1.807) is 40.0 Å². The summed E-state index contributed by atoms with van der Waals surface area (Å²) in [4.78, 5) is 28.7. The molecule has 4 aliphatic rings. The molecular weight excluding hydrogens is 464 g/mol. The van der Waals surface area contributed by atoms with Crippen LogP contribution in [0.25, 0.3) is 0 Å². The van der Waals surface area contributed by atoms with E-state index >= 15 is 0 Å². The standard InChI is InChI=1S/C27H36N2O7/c1-13-10-26-8-7-19-20(25(19,4)5)17(22(26)32)9-16(12-30)21(31)27(26,34)23(13)35-24(33)29(6)11-18-14(2)28-36-15(18)3/h9-10,17,19-21,23,30-31,34H,7-8,11-12H2,1-6H3/t17-,19+,20-,21+,23-,26+,27-/m0/s1. The zero-order valence-electron chi connectivity index (χ0n) is 21.7. The van der Waals surface area contributed by atoms with Gasteiger partial charge in [0.05, 0.1) is 24.3 Å². The third kappa shape index (κ3) is 3.15. The number of ether oxygens (including phenoxy) is 1. The molecule has 0 aromatic carbocycles. The van der Waals surface area contributed by atoms with Gasteiger partial charge in [-0.05, 0) is 62.0 Å². The van der Waals surface area contributed by atoms with E-state index in [1.165, 1.54) is 4.90 Å². The van der Waals surface area contributed by atoms with Crippen LogP contribution in [0.2, 0.25) is 0 Å². The van der Waals surface area contributed by atoms with Gasteiger partial charge in [0.15, 0.2) is 17.5 Å². The Morgan fingerprint density at radius 2 is 2.00 bits per heavy atom. The Morgan fingerprint density at radius 3 is 2.61 bits per heavy atom. The summed E-state index contributed by atoms with van der Waals surface area (Å²) in [5, 5.41) is 37.8. The Labute approximate surface area is 210 Å². The smallest absolute Gasteiger partial charge is 0.410 e. The molecular formula is C27H36N2O7. The number of aryl methyl sites for hydroxylation is 2. The summed E-state index contributed by atoms with van der Waals surface area (Å²) in [7, 11) is 1.56. The van der Waals surface area contributed by atoms with Crippen molar-refractivity contribution >= 4 is 11.9 Å². The molecule has 1 amide bonds. The predicted molar refractivity (Wildman–Crippen MR) is 129 cm³/mol. The van der Waals surface area contributed by atoms with Crippen LogP contribution in [0.15, 0.2) is 27.8 Å². The van der Waals surface area contributed by atoms with Gasteiger partial charge in [-0.15, -0.1) is 0 Å². The molecule has 2 saturated carbocycles. The first-order chi connectivity index (χ1) is 16.8. The van der Waals surface area contributed by atoms with E-state index < -0.39 is 41.8 Å². The van der Waals surface area contributed by atoms with Crippen LogP contribution in [0, 0.1) is 42.4 Å². The SMILES string of the molecule is CC1=C[C@@]23CC[C@@H]4[C@H]([C@H](C=C(CO)[C@@H](O)[C@]2(O)[C@H]1OC(=O)N(C)Cc1c(C)noc1C)C3=O)C4(C)C. The second-order valence-electron chi connectivity index (χ2n) is 11.8. The van der Waals surface area contributed by atoms with Gasteiger partial charge in [-0.1, -0.05) is 31.2 Å². The van der Waals surface area contributed by atoms with Crippen LogP contribution in [-0.4, -0.2) is 68.7 Å². The summed E-state index contributed by atoms with van der Waals surface area (Å²) in [6.45, 7) is 9.21. The third-order valence-corrected chi connectivity index (χ3v) is 9.57. The van der Waals surface area contributed by atoms with E-state index in [4.69, 9.17) is 9.26 Å². The molecule has 36 heavy (non-hydrogen) atoms. The zero-order valence-corrected chi connectivity index (χ0v) is 21.7. The Hall–Kier alpha value is -2.49. The maximum Gasteiger partial charge on any atom is 0.410 e. The minimum Gasteiger partial charge on any atom is -0.438 e. The number of rotatable bonds is 4. The van der Waals surface area contributed by atoms with Gasteiger partial charge in [-0.25, -0.2) is 4.79 Å². The molecule has 1 aromatic rings. The van der Waals surface area contributed by atoms with E-state index in [1.807, 2.05) is 0 Å². The summed E-state index contributed by atoms with van der Waals surface area (Å²) < 4.78 is 11.0. The molecule has 0 radical (unpaired) electrons. The number of carbonyl (C=O) groups is 2. The van der Waals surface area contributed by atoms with Crippen molar-refractivity contribution in [3.8, 4) is 0 Å². The quantitative estimate of drug-likeness (QED) is 0.537. The Balaban J connectivity index is 1.50. The molecule has 9 heteroatoms. The molecule has 5 rings (SSSR count). The minimum atomic E-state index is -2.13. The van der Waals surface area contributed by atoms with E-state index in [9.17, 15) is 24.9 Å². The van der Waals surface area contributed by atoms with Crippen LogP contribution in [0.3, 0.4) is 0 Å². The van der Waals surface area contributed by atoms with E-state index in [0.717, 1.165) is 5.56 Å². The average molecular weight is 501 g/mol. The third-order valence-electron chi connectivity index (χ3n) is 9.57. The molecule has 2 fully saturated rings. The van der Waals surface area contributed by atoms with Gasteiger partial charge in [0.2, 0.25) is 0 Å². The van der Waals surface area contributed by atoms with Crippen molar-refractivity contribution < 1.29 is 34.2 Å². The molecule has 1 aromatic heterocycles. The second-order valence-corrected chi connectivity index (χ2v) is 11.8. The molecule has 7 atom stereocenters. The van der Waals surface area contributed by atoms with Crippen molar-refractivity contribution in [2.24, 2.45) is 28.6 Å². The maximum absolute atomic E-state index is 14.2. The predicted octanol–water partition coefficient (Wildman–Crippen LogP) is 2.45. The summed E-state index contributed by atoms with van der Waals surface area (Å²) in [5.74, 6) is 0.275. The van der Waals surface area contributed by atoms with Crippen LogP contribution in [-0.2, 0) is 16.1 Å². The molecule has 196 valence electrons. The molecule has 1 heterocycles. The maximum atomic E-state index is 14.2. The van der Waals surface area contributed by atoms with Crippen LogP contribution in [0.1, 0.15) is 50.6 Å². The average Bonchev–Trinajstić information content (AvgIpc) is 3.20. The van der Waals surface area contributed by atoms with Crippen LogP contribution < -0.4 is 0 Å². The van der Waals surface area contributed by atoms with Crippen LogP contribution in [0.5, 0.6) is 0 Å². The van der Waals surface area contributed by atoms with E-state index in [0.29, 0.717) is 35.8 Å². The van der Waals surface area contributed by atoms with Gasteiger partial charge in [0.1, 0.15) is 11.9 Å². The molecule has 2 bridgehead atoms. The van der Waals surface area contributed by atoms with Gasteiger partial charge in [-0.2, -0.15) is 0 Å². The normalized spacial score (nSPS) is 38.2. The molecule has 0 unspecified atom stereocenters. The number of allylic oxidation sites excluding steroid dienone is 1. The van der Waals surface area contributed by atoms with Gasteiger partial charge < -0.3 is 29.5 Å². The summed E-state index contributed by atoms with van der Waals surface area (Å²) in [6.07, 6.45) is 0.881. The molecule has 1 spiro atoms. The van der Waals surface area contributed by atoms with Crippen molar-refractivity contribution in [2.45, 2.75) is 71.8 Å².